The van der Waals surface area contributed by atoms with Gasteiger partial charge in [-0.15, -0.1) is 11.3 Å². The number of nitrogens with two attached hydrogens (primary N) is 1. The number of hydrogen-bond acceptors (Lipinski definition) is 6. The molecule has 6 nitrogen and oxygen atoms in total. The summed E-state index contributed by atoms with van der Waals surface area (Å²) in [5, 5.41) is 0. The molecule has 0 amide bonds. The molecule has 3 N–H and O–H groups in total. The van der Waals surface area contributed by atoms with E-state index in [2.05, 4.69) is 9.71 Å². The molecule has 2 aromatic rings. The number of nitrogens with one attached hydrogen (secondary N) is 1. The van der Waals surface area contributed by atoms with E-state index in [1.165, 1.54) is 12.3 Å². The van der Waals surface area contributed by atoms with Crippen LogP contribution in [0.2, 0.25) is 0 Å². The number of sulfonamides is 1. The van der Waals surface area contributed by atoms with Crippen molar-refractivity contribution in [3.8, 4) is 0 Å². The average Bonchev–Trinajstić information content (AvgIpc) is 2.96. The van der Waals surface area contributed by atoms with Crippen molar-refractivity contribution < 1.29 is 12.8 Å². The molecule has 2 heterocycles. The van der Waals surface area contributed by atoms with Crippen molar-refractivity contribution in [1.29, 1.82) is 0 Å². The summed E-state index contributed by atoms with van der Waals surface area (Å²) in [5.74, 6) is 0.940. The van der Waals surface area contributed by atoms with Crippen LogP contribution in [0, 0.1) is 6.92 Å². The largest absolute Gasteiger partial charge is 0.444 e. The average molecular weight is 331 g/mol. The first-order valence-corrected chi connectivity index (χ1v) is 8.34. The highest BCUT2D eigenvalue weighted by atomic mass is 32.2. The number of nitrogens with zero attached hydrogens (tertiary/aromatic N) is 1. The van der Waals surface area contributed by atoms with Gasteiger partial charge in [-0.05, 0) is 26.0 Å². The van der Waals surface area contributed by atoms with Crippen LogP contribution < -0.4 is 10.5 Å². The number of thiocarbonyl (C=S) groups is 1. The van der Waals surface area contributed by atoms with Crippen molar-refractivity contribution in [2.45, 2.75) is 24.1 Å². The lowest BCUT2D eigenvalue weighted by atomic mass is 10.4. The van der Waals surface area contributed by atoms with Crippen molar-refractivity contribution in [1.82, 2.24) is 9.71 Å². The Morgan fingerprint density at radius 1 is 1.55 bits per heavy atom. The summed E-state index contributed by atoms with van der Waals surface area (Å²) in [6.07, 6.45) is 1.54. The highest BCUT2D eigenvalue weighted by Gasteiger charge is 2.23. The van der Waals surface area contributed by atoms with Gasteiger partial charge in [-0.25, -0.2) is 13.4 Å². The minimum absolute atomic E-state index is 0.149. The molecule has 20 heavy (non-hydrogen) atoms. The van der Waals surface area contributed by atoms with Crippen LogP contribution in [0.1, 0.15) is 29.5 Å². The predicted octanol–water partition coefficient (Wildman–Crippen LogP) is 1.72. The van der Waals surface area contributed by atoms with E-state index in [4.69, 9.17) is 22.4 Å². The van der Waals surface area contributed by atoms with Gasteiger partial charge in [0.15, 0.2) is 0 Å². The number of rotatable bonds is 5. The number of aromatic nitrogens is 1. The fraction of sp³-hybridized carbons (Fsp3) is 0.273. The third-order valence-electron chi connectivity index (χ3n) is 2.43. The van der Waals surface area contributed by atoms with E-state index >= 15 is 0 Å². The number of hydrogen-bond donors (Lipinski definition) is 2. The molecular weight excluding hydrogens is 318 g/mol. The molecule has 0 saturated heterocycles. The van der Waals surface area contributed by atoms with Gasteiger partial charge < -0.3 is 10.2 Å². The van der Waals surface area contributed by atoms with Gasteiger partial charge in [-0.2, -0.15) is 4.72 Å². The van der Waals surface area contributed by atoms with Gasteiger partial charge in [-0.3, -0.25) is 0 Å². The van der Waals surface area contributed by atoms with Gasteiger partial charge in [0.2, 0.25) is 5.89 Å². The van der Waals surface area contributed by atoms with Gasteiger partial charge in [0.05, 0.1) is 17.1 Å². The molecule has 0 spiro atoms. The molecule has 0 bridgehead atoms. The zero-order valence-electron chi connectivity index (χ0n) is 10.8. The van der Waals surface area contributed by atoms with E-state index in [0.717, 1.165) is 11.3 Å². The summed E-state index contributed by atoms with van der Waals surface area (Å²) in [4.78, 5) is 4.73. The van der Waals surface area contributed by atoms with Crippen LogP contribution in [0.25, 0.3) is 0 Å². The molecule has 2 aromatic heterocycles. The highest BCUT2D eigenvalue weighted by molar-refractivity contribution is 7.91. The van der Waals surface area contributed by atoms with E-state index in [9.17, 15) is 8.42 Å². The zero-order chi connectivity index (χ0) is 14.9. The predicted molar refractivity (Wildman–Crippen MR) is 80.2 cm³/mol. The molecule has 108 valence electrons. The third-order valence-corrected chi connectivity index (χ3v) is 5.93. The lowest BCUT2D eigenvalue weighted by Gasteiger charge is -2.09. The molecular formula is C11H13N3O3S3. The van der Waals surface area contributed by atoms with Crippen LogP contribution in [0.15, 0.2) is 27.0 Å². The quantitative estimate of drug-likeness (QED) is 0.810. The van der Waals surface area contributed by atoms with Crippen LogP contribution in [-0.2, 0) is 10.0 Å². The number of thiophene rings is 1. The van der Waals surface area contributed by atoms with Gasteiger partial charge in [0.25, 0.3) is 10.0 Å². The molecule has 1 atom stereocenters. The summed E-state index contributed by atoms with van der Waals surface area (Å²) in [6, 6.07) is 2.49. The highest BCUT2D eigenvalue weighted by Crippen LogP contribution is 2.23. The Morgan fingerprint density at radius 3 is 2.75 bits per heavy atom. The summed E-state index contributed by atoms with van der Waals surface area (Å²) in [6.45, 7) is 3.40. The first kappa shape index (κ1) is 15.1. The summed E-state index contributed by atoms with van der Waals surface area (Å²) in [7, 11) is -3.66. The lowest BCUT2D eigenvalue weighted by Crippen LogP contribution is -2.26. The van der Waals surface area contributed by atoms with Crippen LogP contribution in [0.3, 0.4) is 0 Å². The maximum atomic E-state index is 12.2. The van der Waals surface area contributed by atoms with Crippen LogP contribution in [-0.4, -0.2) is 18.4 Å². The van der Waals surface area contributed by atoms with Gasteiger partial charge in [-0.1, -0.05) is 12.2 Å². The smallest absolute Gasteiger partial charge is 0.250 e. The fourth-order valence-corrected chi connectivity index (χ4v) is 4.08. The summed E-state index contributed by atoms with van der Waals surface area (Å²) in [5.41, 5.74) is 5.47. The molecule has 0 saturated carbocycles. The monoisotopic (exact) mass is 331 g/mol. The second kappa shape index (κ2) is 5.60. The minimum atomic E-state index is -3.66. The number of oxazole rings is 1. The molecule has 0 aliphatic heterocycles. The molecule has 0 fully saturated rings. The molecule has 0 aliphatic carbocycles. The minimum Gasteiger partial charge on any atom is -0.444 e. The fourth-order valence-electron chi connectivity index (χ4n) is 1.51. The van der Waals surface area contributed by atoms with E-state index in [0.29, 0.717) is 16.5 Å². The lowest BCUT2D eigenvalue weighted by molar-refractivity contribution is 0.428. The van der Waals surface area contributed by atoms with E-state index < -0.39 is 16.1 Å². The summed E-state index contributed by atoms with van der Waals surface area (Å²) >= 11 is 5.84. The van der Waals surface area contributed by atoms with Gasteiger partial charge in [0, 0.05) is 0 Å². The molecule has 0 aliphatic rings. The van der Waals surface area contributed by atoms with Crippen molar-refractivity contribution >= 4 is 38.6 Å². The van der Waals surface area contributed by atoms with E-state index in [1.807, 2.05) is 0 Å². The van der Waals surface area contributed by atoms with Gasteiger partial charge in [0.1, 0.15) is 15.0 Å². The van der Waals surface area contributed by atoms with Crippen molar-refractivity contribution in [2.24, 2.45) is 5.73 Å². The van der Waals surface area contributed by atoms with E-state index in [1.54, 1.807) is 19.9 Å². The Hall–Kier alpha value is -1.29. The Bertz CT molecular complexity index is 733. The Morgan fingerprint density at radius 2 is 2.25 bits per heavy atom. The Labute approximate surface area is 126 Å². The van der Waals surface area contributed by atoms with Crippen molar-refractivity contribution in [3.05, 3.63) is 34.9 Å². The molecule has 0 radical (unpaired) electrons. The molecule has 1 unspecified atom stereocenters. The van der Waals surface area contributed by atoms with Gasteiger partial charge >= 0.3 is 0 Å². The molecule has 2 rings (SSSR count). The van der Waals surface area contributed by atoms with Crippen LogP contribution in [0.4, 0.5) is 0 Å². The van der Waals surface area contributed by atoms with Crippen molar-refractivity contribution in [3.63, 3.8) is 0 Å². The maximum absolute atomic E-state index is 12.2. The Balaban J connectivity index is 2.20. The van der Waals surface area contributed by atoms with Crippen molar-refractivity contribution in [2.75, 3.05) is 0 Å². The molecule has 0 aromatic carbocycles. The van der Waals surface area contributed by atoms with Crippen LogP contribution in [0.5, 0.6) is 0 Å². The van der Waals surface area contributed by atoms with E-state index in [-0.39, 0.29) is 9.20 Å². The second-order valence-electron chi connectivity index (χ2n) is 4.14. The zero-order valence-corrected chi connectivity index (χ0v) is 13.2. The first-order chi connectivity index (χ1) is 9.29. The maximum Gasteiger partial charge on any atom is 0.250 e. The summed E-state index contributed by atoms with van der Waals surface area (Å²) < 4.78 is 32.3. The third kappa shape index (κ3) is 3.23. The number of aryl methyl sites for hydroxylation is 1. The topological polar surface area (TPSA) is 98.2 Å². The molecule has 9 heteroatoms. The standard InChI is InChI=1S/C11H13N3O3S3/c1-6-5-13-11(17-6)7(2)14-20(15,16)9-4-3-8(19-9)10(12)18/h3-5,7,14H,1-2H3,(H2,12,18). The normalized spacial score (nSPS) is 13.3. The second-order valence-corrected chi connectivity index (χ2v) is 7.60. The van der Waals surface area contributed by atoms with Crippen LogP contribution >= 0.6 is 23.6 Å². The SMILES string of the molecule is Cc1cnc(C(C)NS(=O)(=O)c2ccc(C(N)=S)s2)o1. The first-order valence-electron chi connectivity index (χ1n) is 5.64. The Kier molecular flexibility index (Phi) is 4.23.